The molecule has 29 heavy (non-hydrogen) atoms. The van der Waals surface area contributed by atoms with E-state index in [-0.39, 0.29) is 29.6 Å². The van der Waals surface area contributed by atoms with Crippen LogP contribution < -0.4 is 10.6 Å². The van der Waals surface area contributed by atoms with Crippen LogP contribution in [0.3, 0.4) is 0 Å². The second kappa shape index (κ2) is 10.1. The molecule has 1 aromatic carbocycles. The number of halogens is 1. The zero-order valence-electron chi connectivity index (χ0n) is 16.5. The molecule has 0 radical (unpaired) electrons. The molecule has 0 spiro atoms. The fraction of sp³-hybridized carbons (Fsp3) is 0.409. The summed E-state index contributed by atoms with van der Waals surface area (Å²) in [5.41, 5.74) is 1.70. The number of benzene rings is 1. The molecule has 1 saturated carbocycles. The van der Waals surface area contributed by atoms with Crippen LogP contribution >= 0.6 is 0 Å². The highest BCUT2D eigenvalue weighted by Crippen LogP contribution is 2.25. The lowest BCUT2D eigenvalue weighted by Gasteiger charge is -2.29. The van der Waals surface area contributed by atoms with Gasteiger partial charge in [-0.2, -0.15) is 0 Å². The summed E-state index contributed by atoms with van der Waals surface area (Å²) in [4.78, 5) is 29.1. The van der Waals surface area contributed by atoms with Crippen molar-refractivity contribution in [3.8, 4) is 11.3 Å². The highest BCUT2D eigenvalue weighted by Gasteiger charge is 2.28. The number of rotatable bonds is 7. The third kappa shape index (κ3) is 5.84. The van der Waals surface area contributed by atoms with Gasteiger partial charge in [0.2, 0.25) is 5.91 Å². The van der Waals surface area contributed by atoms with Crippen LogP contribution in [0.1, 0.15) is 36.0 Å². The first kappa shape index (κ1) is 20.9. The van der Waals surface area contributed by atoms with Crippen LogP contribution in [0.2, 0.25) is 0 Å². The molecule has 154 valence electrons. The van der Waals surface area contributed by atoms with Crippen molar-refractivity contribution in [1.29, 1.82) is 0 Å². The summed E-state index contributed by atoms with van der Waals surface area (Å²) < 4.78 is 18.3. The maximum atomic E-state index is 13.4. The molecule has 0 unspecified atom stereocenters. The van der Waals surface area contributed by atoms with E-state index in [1.807, 2.05) is 0 Å². The van der Waals surface area contributed by atoms with E-state index in [0.717, 1.165) is 19.3 Å². The van der Waals surface area contributed by atoms with E-state index in [1.54, 1.807) is 31.4 Å². The normalized spacial score (nSPS) is 18.8. The monoisotopic (exact) mass is 399 g/mol. The molecule has 1 aromatic heterocycles. The third-order valence-corrected chi connectivity index (χ3v) is 5.13. The zero-order chi connectivity index (χ0) is 20.6. The Labute approximate surface area is 169 Å². The Balaban J connectivity index is 1.56. The second-order valence-electron chi connectivity index (χ2n) is 7.26. The lowest BCUT2D eigenvalue weighted by molar-refractivity contribution is -0.126. The Morgan fingerprint density at radius 3 is 2.83 bits per heavy atom. The standard InChI is InChI=1S/C22H26FN3O3/c1-29-11-10-24-21(27)16-5-3-7-19(13-16)26-22(28)17-8-9-20(25-14-17)15-4-2-6-18(23)12-15/h2,4,6,8-9,12,14,16,19H,3,5,7,10-11,13H2,1H3,(H,24,27)(H,26,28)/t16-,19+/m1/s1. The summed E-state index contributed by atoms with van der Waals surface area (Å²) in [6.07, 6.45) is 4.69. The van der Waals surface area contributed by atoms with Gasteiger partial charge < -0.3 is 15.4 Å². The lowest BCUT2D eigenvalue weighted by Crippen LogP contribution is -2.43. The number of pyridine rings is 1. The van der Waals surface area contributed by atoms with E-state index in [0.29, 0.717) is 36.4 Å². The summed E-state index contributed by atoms with van der Waals surface area (Å²) in [5.74, 6) is -0.626. The molecule has 2 aromatic rings. The number of carbonyl (C=O) groups is 2. The van der Waals surface area contributed by atoms with E-state index < -0.39 is 0 Å². The molecule has 0 saturated heterocycles. The number of amides is 2. The quantitative estimate of drug-likeness (QED) is 0.702. The van der Waals surface area contributed by atoms with Crippen LogP contribution in [0.4, 0.5) is 4.39 Å². The van der Waals surface area contributed by atoms with E-state index in [9.17, 15) is 14.0 Å². The van der Waals surface area contributed by atoms with Gasteiger partial charge in [0.1, 0.15) is 5.82 Å². The second-order valence-corrected chi connectivity index (χ2v) is 7.26. The predicted molar refractivity (Wildman–Crippen MR) is 108 cm³/mol. The highest BCUT2D eigenvalue weighted by atomic mass is 19.1. The average Bonchev–Trinajstić information content (AvgIpc) is 2.74. The van der Waals surface area contributed by atoms with Crippen molar-refractivity contribution < 1.29 is 18.7 Å². The van der Waals surface area contributed by atoms with Crippen LogP contribution in [-0.4, -0.2) is 43.1 Å². The largest absolute Gasteiger partial charge is 0.383 e. The maximum Gasteiger partial charge on any atom is 0.253 e. The van der Waals surface area contributed by atoms with Crippen molar-refractivity contribution in [2.45, 2.75) is 31.7 Å². The van der Waals surface area contributed by atoms with Crippen LogP contribution in [0.5, 0.6) is 0 Å². The van der Waals surface area contributed by atoms with Gasteiger partial charge >= 0.3 is 0 Å². The number of methoxy groups -OCH3 is 1. The molecular weight excluding hydrogens is 373 g/mol. The van der Waals surface area contributed by atoms with Gasteiger partial charge in [-0.15, -0.1) is 0 Å². The highest BCUT2D eigenvalue weighted by molar-refractivity contribution is 5.94. The van der Waals surface area contributed by atoms with Gasteiger partial charge in [0.05, 0.1) is 17.9 Å². The van der Waals surface area contributed by atoms with Gasteiger partial charge in [0, 0.05) is 37.4 Å². The minimum atomic E-state index is -0.329. The molecule has 7 heteroatoms. The molecule has 0 bridgehead atoms. The number of hydrogen-bond acceptors (Lipinski definition) is 4. The summed E-state index contributed by atoms with van der Waals surface area (Å²) in [5, 5.41) is 5.88. The smallest absolute Gasteiger partial charge is 0.253 e. The van der Waals surface area contributed by atoms with E-state index in [1.165, 1.54) is 18.3 Å². The predicted octanol–water partition coefficient (Wildman–Crippen LogP) is 2.94. The SMILES string of the molecule is COCCNC(=O)[C@@H]1CCC[C@H](NC(=O)c2ccc(-c3cccc(F)c3)nc2)C1. The van der Waals surface area contributed by atoms with Crippen molar-refractivity contribution in [3.63, 3.8) is 0 Å². The lowest BCUT2D eigenvalue weighted by atomic mass is 9.85. The Morgan fingerprint density at radius 2 is 2.10 bits per heavy atom. The molecule has 2 N–H and O–H groups in total. The topological polar surface area (TPSA) is 80.3 Å². The van der Waals surface area contributed by atoms with E-state index >= 15 is 0 Å². The maximum absolute atomic E-state index is 13.4. The van der Waals surface area contributed by atoms with Crippen molar-refractivity contribution in [2.24, 2.45) is 5.92 Å². The number of ether oxygens (including phenoxy) is 1. The van der Waals surface area contributed by atoms with E-state index in [4.69, 9.17) is 4.74 Å². The molecule has 1 heterocycles. The summed E-state index contributed by atoms with van der Waals surface area (Å²) in [6.45, 7) is 0.976. The van der Waals surface area contributed by atoms with Crippen LogP contribution in [0.25, 0.3) is 11.3 Å². The van der Waals surface area contributed by atoms with Gasteiger partial charge in [-0.05, 0) is 43.5 Å². The molecule has 2 atom stereocenters. The molecule has 2 amide bonds. The van der Waals surface area contributed by atoms with Crippen molar-refractivity contribution in [3.05, 3.63) is 54.0 Å². The molecule has 1 fully saturated rings. The van der Waals surface area contributed by atoms with Crippen molar-refractivity contribution in [1.82, 2.24) is 15.6 Å². The Bertz CT molecular complexity index is 841. The summed E-state index contributed by atoms with van der Waals surface area (Å²) in [6, 6.07) is 9.51. The molecule has 1 aliphatic rings. The fourth-order valence-corrected chi connectivity index (χ4v) is 3.60. The Kier molecular flexibility index (Phi) is 7.30. The first-order valence-corrected chi connectivity index (χ1v) is 9.86. The van der Waals surface area contributed by atoms with Crippen molar-refractivity contribution >= 4 is 11.8 Å². The number of hydrogen-bond donors (Lipinski definition) is 2. The van der Waals surface area contributed by atoms with Crippen LogP contribution in [-0.2, 0) is 9.53 Å². The summed E-state index contributed by atoms with van der Waals surface area (Å²) >= 11 is 0. The van der Waals surface area contributed by atoms with E-state index in [2.05, 4.69) is 15.6 Å². The van der Waals surface area contributed by atoms with Gasteiger partial charge in [0.15, 0.2) is 0 Å². The molecular formula is C22H26FN3O3. The number of nitrogens with zero attached hydrogens (tertiary/aromatic N) is 1. The minimum absolute atomic E-state index is 0.0158. The molecule has 1 aliphatic carbocycles. The third-order valence-electron chi connectivity index (χ3n) is 5.13. The van der Waals surface area contributed by atoms with Gasteiger partial charge in [-0.25, -0.2) is 4.39 Å². The molecule has 0 aliphatic heterocycles. The van der Waals surface area contributed by atoms with Gasteiger partial charge in [-0.3, -0.25) is 14.6 Å². The van der Waals surface area contributed by atoms with Gasteiger partial charge in [0.25, 0.3) is 5.91 Å². The van der Waals surface area contributed by atoms with Crippen molar-refractivity contribution in [2.75, 3.05) is 20.3 Å². The van der Waals surface area contributed by atoms with Gasteiger partial charge in [-0.1, -0.05) is 18.6 Å². The number of nitrogens with one attached hydrogen (secondary N) is 2. The Hall–Kier alpha value is -2.80. The van der Waals surface area contributed by atoms with Crippen LogP contribution in [0.15, 0.2) is 42.6 Å². The molecule has 3 rings (SSSR count). The molecule has 6 nitrogen and oxygen atoms in total. The fourth-order valence-electron chi connectivity index (χ4n) is 3.60. The summed E-state index contributed by atoms with van der Waals surface area (Å²) in [7, 11) is 1.60. The average molecular weight is 399 g/mol. The number of carbonyl (C=O) groups excluding carboxylic acids is 2. The number of aromatic nitrogens is 1. The van der Waals surface area contributed by atoms with Crippen LogP contribution in [0, 0.1) is 11.7 Å². The minimum Gasteiger partial charge on any atom is -0.383 e. The first-order valence-electron chi connectivity index (χ1n) is 9.86. The zero-order valence-corrected chi connectivity index (χ0v) is 16.5. The Morgan fingerprint density at radius 1 is 1.24 bits per heavy atom. The first-order chi connectivity index (χ1) is 14.1.